The fourth-order valence-electron chi connectivity index (χ4n) is 3.22. The topological polar surface area (TPSA) is 66.5 Å². The fourth-order valence-corrected chi connectivity index (χ4v) is 5.51. The summed E-state index contributed by atoms with van der Waals surface area (Å²) in [5, 5.41) is 2.96. The number of piperidine rings is 1. The van der Waals surface area contributed by atoms with E-state index in [0.717, 1.165) is 20.6 Å². The third kappa shape index (κ3) is 5.59. The molecule has 28 heavy (non-hydrogen) atoms. The molecule has 1 fully saturated rings. The number of nitrogens with zero attached hydrogens (tertiary/aromatic N) is 1. The Balaban J connectivity index is 1.55. The maximum absolute atomic E-state index is 12.7. The molecular formula is C20H23BrN2O3S2. The van der Waals surface area contributed by atoms with Gasteiger partial charge in [-0.05, 0) is 55.0 Å². The van der Waals surface area contributed by atoms with E-state index < -0.39 is 10.0 Å². The van der Waals surface area contributed by atoms with Crippen LogP contribution in [0.25, 0.3) is 0 Å². The summed E-state index contributed by atoms with van der Waals surface area (Å²) in [4.78, 5) is 13.6. The number of nitrogens with one attached hydrogen (secondary N) is 1. The summed E-state index contributed by atoms with van der Waals surface area (Å²) in [6.07, 6.45) is 3.06. The van der Waals surface area contributed by atoms with Crippen LogP contribution in [0.1, 0.15) is 18.4 Å². The van der Waals surface area contributed by atoms with Gasteiger partial charge in [0, 0.05) is 34.1 Å². The first-order valence-electron chi connectivity index (χ1n) is 9.04. The number of anilines is 1. The van der Waals surface area contributed by atoms with Gasteiger partial charge >= 0.3 is 0 Å². The molecule has 8 heteroatoms. The highest BCUT2D eigenvalue weighted by atomic mass is 79.9. The molecule has 1 amide bonds. The van der Waals surface area contributed by atoms with E-state index in [1.807, 2.05) is 54.8 Å². The molecule has 0 unspecified atom stereocenters. The second-order valence-corrected chi connectivity index (χ2v) is 10.5. The van der Waals surface area contributed by atoms with Crippen molar-refractivity contribution in [3.8, 4) is 0 Å². The molecule has 0 aliphatic carbocycles. The molecule has 2 aromatic rings. The molecular weight excluding hydrogens is 460 g/mol. The lowest BCUT2D eigenvalue weighted by atomic mass is 9.97. The molecule has 1 aliphatic rings. The van der Waals surface area contributed by atoms with E-state index in [2.05, 4.69) is 21.2 Å². The third-order valence-corrected chi connectivity index (χ3v) is 7.92. The van der Waals surface area contributed by atoms with E-state index >= 15 is 0 Å². The van der Waals surface area contributed by atoms with Crippen LogP contribution >= 0.6 is 27.7 Å². The zero-order valence-electron chi connectivity index (χ0n) is 15.6. The van der Waals surface area contributed by atoms with Gasteiger partial charge in [-0.2, -0.15) is 0 Å². The van der Waals surface area contributed by atoms with Crippen molar-refractivity contribution in [2.24, 2.45) is 5.92 Å². The molecule has 0 atom stereocenters. The molecule has 0 saturated carbocycles. The van der Waals surface area contributed by atoms with Crippen LogP contribution in [0.15, 0.2) is 57.9 Å². The van der Waals surface area contributed by atoms with Crippen LogP contribution in [0.3, 0.4) is 0 Å². The minimum Gasteiger partial charge on any atom is -0.326 e. The first kappa shape index (κ1) is 21.4. The van der Waals surface area contributed by atoms with Crippen LogP contribution in [0.4, 0.5) is 5.69 Å². The zero-order chi connectivity index (χ0) is 20.1. The average Bonchev–Trinajstić information content (AvgIpc) is 2.70. The van der Waals surface area contributed by atoms with Crippen LogP contribution in [0, 0.1) is 5.92 Å². The Kier molecular flexibility index (Phi) is 7.20. The molecule has 150 valence electrons. The number of hydrogen-bond donors (Lipinski definition) is 1. The second kappa shape index (κ2) is 9.43. The highest BCUT2D eigenvalue weighted by Crippen LogP contribution is 2.25. The summed E-state index contributed by atoms with van der Waals surface area (Å²) in [6.45, 7) is 0.754. The minimum atomic E-state index is -3.38. The maximum atomic E-state index is 12.7. The van der Waals surface area contributed by atoms with Crippen molar-refractivity contribution in [1.82, 2.24) is 4.31 Å². The van der Waals surface area contributed by atoms with Crippen molar-refractivity contribution in [1.29, 1.82) is 0 Å². The summed E-state index contributed by atoms with van der Waals surface area (Å²) < 4.78 is 27.8. The van der Waals surface area contributed by atoms with Crippen LogP contribution < -0.4 is 5.32 Å². The first-order chi connectivity index (χ1) is 13.4. The number of carbonyl (C=O) groups excluding carboxylic acids is 1. The quantitative estimate of drug-likeness (QED) is 0.621. The third-order valence-electron chi connectivity index (χ3n) is 4.82. The Hall–Kier alpha value is -1.35. The number of benzene rings is 2. The van der Waals surface area contributed by atoms with Gasteiger partial charge in [0.1, 0.15) is 0 Å². The Bertz CT molecular complexity index is 925. The molecule has 5 nitrogen and oxygen atoms in total. The molecule has 0 aromatic heterocycles. The van der Waals surface area contributed by atoms with Crippen LogP contribution in [-0.2, 0) is 20.6 Å². The van der Waals surface area contributed by atoms with Gasteiger partial charge in [-0.15, -0.1) is 11.8 Å². The Morgan fingerprint density at radius 2 is 1.86 bits per heavy atom. The number of amides is 1. The predicted octanol–water partition coefficient (Wildman–Crippen LogP) is 4.35. The van der Waals surface area contributed by atoms with Crippen LogP contribution in [0.5, 0.6) is 0 Å². The first-order valence-corrected chi connectivity index (χ1v) is 12.7. The Morgan fingerprint density at radius 1 is 1.18 bits per heavy atom. The molecule has 3 rings (SSSR count). The number of rotatable bonds is 6. The predicted molar refractivity (Wildman–Crippen MR) is 118 cm³/mol. The van der Waals surface area contributed by atoms with Crippen molar-refractivity contribution in [3.63, 3.8) is 0 Å². The Morgan fingerprint density at radius 3 is 2.50 bits per heavy atom. The van der Waals surface area contributed by atoms with E-state index in [-0.39, 0.29) is 17.6 Å². The zero-order valence-corrected chi connectivity index (χ0v) is 18.8. The van der Waals surface area contributed by atoms with Gasteiger partial charge < -0.3 is 5.32 Å². The van der Waals surface area contributed by atoms with Crippen molar-refractivity contribution in [2.45, 2.75) is 23.5 Å². The summed E-state index contributed by atoms with van der Waals surface area (Å²) in [6, 6.07) is 15.0. The number of thioether (sulfide) groups is 1. The van der Waals surface area contributed by atoms with E-state index in [1.54, 1.807) is 11.8 Å². The van der Waals surface area contributed by atoms with E-state index in [0.29, 0.717) is 25.9 Å². The number of carbonyl (C=O) groups is 1. The summed E-state index contributed by atoms with van der Waals surface area (Å²) in [7, 11) is -3.38. The molecule has 1 heterocycles. The van der Waals surface area contributed by atoms with Gasteiger partial charge in [0.15, 0.2) is 0 Å². The van der Waals surface area contributed by atoms with Crippen molar-refractivity contribution < 1.29 is 13.2 Å². The van der Waals surface area contributed by atoms with Crippen molar-refractivity contribution in [2.75, 3.05) is 24.7 Å². The lowest BCUT2D eigenvalue weighted by Gasteiger charge is -2.30. The van der Waals surface area contributed by atoms with Gasteiger partial charge in [-0.25, -0.2) is 12.7 Å². The highest BCUT2D eigenvalue weighted by molar-refractivity contribution is 9.10. The van der Waals surface area contributed by atoms with Crippen molar-refractivity contribution in [3.05, 3.63) is 58.6 Å². The van der Waals surface area contributed by atoms with Crippen LogP contribution in [0.2, 0.25) is 0 Å². The smallest absolute Gasteiger partial charge is 0.227 e. The van der Waals surface area contributed by atoms with E-state index in [1.165, 1.54) is 4.31 Å². The second-order valence-electron chi connectivity index (χ2n) is 6.78. The largest absolute Gasteiger partial charge is 0.326 e. The Labute approximate surface area is 179 Å². The van der Waals surface area contributed by atoms with Gasteiger partial charge in [-0.3, -0.25) is 4.79 Å². The van der Waals surface area contributed by atoms with E-state index in [9.17, 15) is 13.2 Å². The molecule has 0 bridgehead atoms. The number of hydrogen-bond acceptors (Lipinski definition) is 4. The van der Waals surface area contributed by atoms with Gasteiger partial charge in [0.25, 0.3) is 0 Å². The summed E-state index contributed by atoms with van der Waals surface area (Å²) >= 11 is 4.98. The SMILES string of the molecule is CSc1cccc(NC(=O)C2CCN(S(=O)(=O)Cc3ccc(Br)cc3)CC2)c1. The minimum absolute atomic E-state index is 0.0153. The lowest BCUT2D eigenvalue weighted by Crippen LogP contribution is -2.41. The normalized spacial score (nSPS) is 16.1. The molecule has 1 aliphatic heterocycles. The fraction of sp³-hybridized carbons (Fsp3) is 0.350. The highest BCUT2D eigenvalue weighted by Gasteiger charge is 2.31. The molecule has 2 aromatic carbocycles. The number of halogens is 1. The molecule has 0 spiro atoms. The molecule has 1 N–H and O–H groups in total. The summed E-state index contributed by atoms with van der Waals surface area (Å²) in [5.74, 6) is -0.223. The average molecular weight is 483 g/mol. The molecule has 0 radical (unpaired) electrons. The van der Waals surface area contributed by atoms with E-state index in [4.69, 9.17) is 0 Å². The van der Waals surface area contributed by atoms with Crippen molar-refractivity contribution >= 4 is 49.3 Å². The van der Waals surface area contributed by atoms with Gasteiger partial charge in [0.05, 0.1) is 5.75 Å². The molecule has 1 saturated heterocycles. The van der Waals surface area contributed by atoms with Crippen LogP contribution in [-0.4, -0.2) is 38.0 Å². The summed E-state index contributed by atoms with van der Waals surface area (Å²) in [5.41, 5.74) is 1.54. The standard InChI is InChI=1S/C20H23BrN2O3S2/c1-27-19-4-2-3-18(13-19)22-20(24)16-9-11-23(12-10-16)28(25,26)14-15-5-7-17(21)8-6-15/h2-8,13,16H,9-12,14H2,1H3,(H,22,24). The monoisotopic (exact) mass is 482 g/mol. The maximum Gasteiger partial charge on any atom is 0.227 e. The van der Waals surface area contributed by atoms with Gasteiger partial charge in [0.2, 0.25) is 15.9 Å². The lowest BCUT2D eigenvalue weighted by molar-refractivity contribution is -0.120. The number of sulfonamides is 1. The van der Waals surface area contributed by atoms with Gasteiger partial charge in [-0.1, -0.05) is 34.1 Å².